The number of nitrogens with one attached hydrogen (secondary N) is 1. The minimum atomic E-state index is -0.601. The Hall–Kier alpha value is -3.00. The van der Waals surface area contributed by atoms with E-state index in [1.807, 2.05) is 6.92 Å². The first kappa shape index (κ1) is 24.1. The van der Waals surface area contributed by atoms with Gasteiger partial charge >= 0.3 is 6.03 Å². The van der Waals surface area contributed by atoms with Gasteiger partial charge in [-0.05, 0) is 56.3 Å². The molecule has 34 heavy (non-hydrogen) atoms. The summed E-state index contributed by atoms with van der Waals surface area (Å²) in [6, 6.07) is 12.4. The van der Waals surface area contributed by atoms with E-state index in [0.29, 0.717) is 44.8 Å². The normalized spacial score (nSPS) is 12.0. The van der Waals surface area contributed by atoms with E-state index in [9.17, 15) is 9.59 Å². The van der Waals surface area contributed by atoms with Crippen LogP contribution in [-0.2, 0) is 13.1 Å². The number of hydrogen-bond donors (Lipinski definition) is 1. The highest BCUT2D eigenvalue weighted by Crippen LogP contribution is 2.31. The smallest absolute Gasteiger partial charge is 0.322 e. The predicted molar refractivity (Wildman–Crippen MR) is 135 cm³/mol. The molecular formula is C24H21Cl3N4O3. The van der Waals surface area contributed by atoms with Gasteiger partial charge in [0.1, 0.15) is 11.6 Å². The highest BCUT2D eigenvalue weighted by Gasteiger charge is 2.27. The fraction of sp³-hybridized carbons (Fsp3) is 0.208. The summed E-state index contributed by atoms with van der Waals surface area (Å²) in [7, 11) is 0. The van der Waals surface area contributed by atoms with Crippen LogP contribution in [0, 0.1) is 0 Å². The molecule has 1 unspecified atom stereocenters. The van der Waals surface area contributed by atoms with Crippen molar-refractivity contribution in [1.82, 2.24) is 14.5 Å². The number of anilines is 1. The molecule has 2 aromatic carbocycles. The average Bonchev–Trinajstić information content (AvgIpc) is 3.33. The molecule has 2 amide bonds. The van der Waals surface area contributed by atoms with Crippen molar-refractivity contribution in [3.05, 3.63) is 91.8 Å². The van der Waals surface area contributed by atoms with Gasteiger partial charge in [0.15, 0.2) is 0 Å². The van der Waals surface area contributed by atoms with E-state index < -0.39 is 12.1 Å². The third kappa shape index (κ3) is 4.78. The summed E-state index contributed by atoms with van der Waals surface area (Å²) in [4.78, 5) is 32.9. The van der Waals surface area contributed by atoms with Crippen molar-refractivity contribution in [1.29, 1.82) is 0 Å². The Balaban J connectivity index is 1.78. The molecule has 0 aliphatic rings. The van der Waals surface area contributed by atoms with E-state index in [1.165, 1.54) is 15.7 Å². The number of urea groups is 1. The minimum absolute atomic E-state index is 0.135. The Labute approximate surface area is 210 Å². The van der Waals surface area contributed by atoms with Gasteiger partial charge in [0, 0.05) is 11.6 Å². The first-order chi connectivity index (χ1) is 16.3. The molecule has 2 heterocycles. The van der Waals surface area contributed by atoms with Gasteiger partial charge in [-0.25, -0.2) is 9.78 Å². The first-order valence-corrected chi connectivity index (χ1v) is 11.7. The third-order valence-electron chi connectivity index (χ3n) is 5.46. The van der Waals surface area contributed by atoms with Crippen LogP contribution in [0.4, 0.5) is 10.5 Å². The largest absolute Gasteiger partial charge is 0.467 e. The summed E-state index contributed by atoms with van der Waals surface area (Å²) in [5.41, 5.74) is 0.634. The number of nitrogens with zero attached hydrogens (tertiary/aromatic N) is 3. The van der Waals surface area contributed by atoms with Gasteiger partial charge in [-0.3, -0.25) is 9.36 Å². The van der Waals surface area contributed by atoms with Gasteiger partial charge in [-0.1, -0.05) is 40.9 Å². The van der Waals surface area contributed by atoms with Gasteiger partial charge < -0.3 is 14.6 Å². The van der Waals surface area contributed by atoms with Crippen molar-refractivity contribution in [3.63, 3.8) is 0 Å². The molecule has 0 aliphatic heterocycles. The molecule has 176 valence electrons. The minimum Gasteiger partial charge on any atom is -0.467 e. The Morgan fingerprint density at radius 1 is 1.18 bits per heavy atom. The number of benzene rings is 2. The van der Waals surface area contributed by atoms with Crippen LogP contribution in [0.25, 0.3) is 10.9 Å². The molecule has 0 saturated heterocycles. The quantitative estimate of drug-likeness (QED) is 0.305. The summed E-state index contributed by atoms with van der Waals surface area (Å²) in [5, 5.41) is 4.22. The highest BCUT2D eigenvalue weighted by molar-refractivity contribution is 6.44. The van der Waals surface area contributed by atoms with Crippen molar-refractivity contribution in [2.75, 3.05) is 5.32 Å². The predicted octanol–water partition coefficient (Wildman–Crippen LogP) is 6.76. The van der Waals surface area contributed by atoms with Gasteiger partial charge in [0.25, 0.3) is 5.56 Å². The number of halogens is 3. The highest BCUT2D eigenvalue weighted by atomic mass is 35.5. The van der Waals surface area contributed by atoms with Crippen LogP contribution >= 0.6 is 34.8 Å². The van der Waals surface area contributed by atoms with E-state index in [2.05, 4.69) is 5.32 Å². The third-order valence-corrected chi connectivity index (χ3v) is 6.52. The van der Waals surface area contributed by atoms with Gasteiger partial charge in [-0.2, -0.15) is 0 Å². The standard InChI is InChI=1S/C24H21Cl3N4O3/c1-3-30-22(28-19-10-9-15(25)12-17(19)23(30)32)14(2)31(13-16-6-5-11-34-16)24(33)29-20-8-4-7-18(26)21(20)27/h4-12,14H,3,13H2,1-2H3,(H,29,33). The molecule has 4 aromatic rings. The molecule has 0 saturated carbocycles. The topological polar surface area (TPSA) is 80.4 Å². The van der Waals surface area contributed by atoms with Crippen LogP contribution in [0.5, 0.6) is 0 Å². The molecule has 0 radical (unpaired) electrons. The van der Waals surface area contributed by atoms with E-state index in [0.717, 1.165) is 0 Å². The Morgan fingerprint density at radius 3 is 2.68 bits per heavy atom. The zero-order chi connectivity index (χ0) is 24.4. The summed E-state index contributed by atoms with van der Waals surface area (Å²) >= 11 is 18.5. The molecule has 0 fully saturated rings. The molecule has 0 bridgehead atoms. The first-order valence-electron chi connectivity index (χ1n) is 10.5. The zero-order valence-corrected chi connectivity index (χ0v) is 20.7. The van der Waals surface area contributed by atoms with Crippen molar-refractivity contribution in [2.45, 2.75) is 33.0 Å². The van der Waals surface area contributed by atoms with Crippen LogP contribution in [0.3, 0.4) is 0 Å². The van der Waals surface area contributed by atoms with Crippen LogP contribution in [-0.4, -0.2) is 20.5 Å². The molecule has 7 nitrogen and oxygen atoms in total. The summed E-state index contributed by atoms with van der Waals surface area (Å²) in [6.45, 7) is 4.15. The fourth-order valence-electron chi connectivity index (χ4n) is 3.72. The lowest BCUT2D eigenvalue weighted by Gasteiger charge is -2.30. The van der Waals surface area contributed by atoms with Crippen LogP contribution < -0.4 is 10.9 Å². The van der Waals surface area contributed by atoms with E-state index in [1.54, 1.807) is 55.5 Å². The number of carbonyl (C=O) groups excluding carboxylic acids is 1. The second kappa shape index (κ2) is 10.1. The van der Waals surface area contributed by atoms with E-state index in [-0.39, 0.29) is 17.1 Å². The number of fused-ring (bicyclic) bond motifs is 1. The van der Waals surface area contributed by atoms with Crippen molar-refractivity contribution < 1.29 is 9.21 Å². The second-order valence-corrected chi connectivity index (χ2v) is 8.82. The summed E-state index contributed by atoms with van der Waals surface area (Å²) in [5.74, 6) is 0.998. The molecule has 0 spiro atoms. The number of rotatable bonds is 6. The van der Waals surface area contributed by atoms with Crippen molar-refractivity contribution >= 4 is 57.4 Å². The van der Waals surface area contributed by atoms with Gasteiger partial charge in [0.2, 0.25) is 0 Å². The van der Waals surface area contributed by atoms with E-state index in [4.69, 9.17) is 44.2 Å². The zero-order valence-electron chi connectivity index (χ0n) is 18.4. The molecule has 0 aliphatic carbocycles. The Kier molecular flexibility index (Phi) is 7.16. The second-order valence-electron chi connectivity index (χ2n) is 7.60. The molecule has 10 heteroatoms. The number of carbonyl (C=O) groups is 1. The number of hydrogen-bond acceptors (Lipinski definition) is 4. The van der Waals surface area contributed by atoms with Crippen molar-refractivity contribution in [3.8, 4) is 0 Å². The average molecular weight is 520 g/mol. The lowest BCUT2D eigenvalue weighted by Crippen LogP contribution is -2.39. The Morgan fingerprint density at radius 2 is 1.97 bits per heavy atom. The summed E-state index contributed by atoms with van der Waals surface area (Å²) in [6.07, 6.45) is 1.53. The molecule has 4 rings (SSSR count). The molecular weight excluding hydrogens is 499 g/mol. The SMILES string of the molecule is CCn1c(C(C)N(Cc2ccco2)C(=O)Nc2cccc(Cl)c2Cl)nc2ccc(Cl)cc2c1=O. The maximum Gasteiger partial charge on any atom is 0.322 e. The number of aromatic nitrogens is 2. The lowest BCUT2D eigenvalue weighted by molar-refractivity contribution is 0.178. The van der Waals surface area contributed by atoms with Crippen LogP contribution in [0.1, 0.15) is 31.5 Å². The maximum atomic E-state index is 13.4. The van der Waals surface area contributed by atoms with Crippen LogP contribution in [0.15, 0.2) is 64.0 Å². The molecule has 1 atom stereocenters. The fourth-order valence-corrected chi connectivity index (χ4v) is 4.24. The van der Waals surface area contributed by atoms with Gasteiger partial charge in [0.05, 0.1) is 45.5 Å². The van der Waals surface area contributed by atoms with Gasteiger partial charge in [-0.15, -0.1) is 0 Å². The summed E-state index contributed by atoms with van der Waals surface area (Å²) < 4.78 is 7.02. The number of furan rings is 1. The molecule has 1 N–H and O–H groups in total. The van der Waals surface area contributed by atoms with Crippen LogP contribution in [0.2, 0.25) is 15.1 Å². The number of amides is 2. The Bertz CT molecular complexity index is 1400. The monoisotopic (exact) mass is 518 g/mol. The lowest BCUT2D eigenvalue weighted by atomic mass is 10.2. The van der Waals surface area contributed by atoms with Crippen molar-refractivity contribution in [2.24, 2.45) is 0 Å². The maximum absolute atomic E-state index is 13.4. The van der Waals surface area contributed by atoms with E-state index >= 15 is 0 Å². The molecule has 2 aromatic heterocycles.